The lowest BCUT2D eigenvalue weighted by atomic mass is 10.2. The molecule has 0 radical (unpaired) electrons. The van der Waals surface area contributed by atoms with Crippen molar-refractivity contribution in [1.82, 2.24) is 9.78 Å². The summed E-state index contributed by atoms with van der Waals surface area (Å²) in [5.41, 5.74) is 5.02. The van der Waals surface area contributed by atoms with Crippen LogP contribution in [0.25, 0.3) is 0 Å². The molecule has 1 atom stereocenters. The monoisotopic (exact) mass is 221 g/mol. The average Bonchev–Trinajstić information content (AvgIpc) is 2.45. The lowest BCUT2D eigenvalue weighted by Crippen LogP contribution is -2.22. The molecule has 0 aliphatic rings. The smallest absolute Gasteiger partial charge is 0.330 e. The highest BCUT2D eigenvalue weighted by atomic mass is 19.4. The van der Waals surface area contributed by atoms with Gasteiger partial charge in [0.05, 0.1) is 5.69 Å². The first-order valence-corrected chi connectivity index (χ1v) is 4.66. The van der Waals surface area contributed by atoms with Gasteiger partial charge in [-0.15, -0.1) is 0 Å². The number of rotatable bonds is 3. The third-order valence-corrected chi connectivity index (χ3v) is 2.08. The summed E-state index contributed by atoms with van der Waals surface area (Å²) in [4.78, 5) is 0. The van der Waals surface area contributed by atoms with E-state index in [0.717, 1.165) is 10.7 Å². The van der Waals surface area contributed by atoms with E-state index in [1.54, 1.807) is 13.8 Å². The van der Waals surface area contributed by atoms with Gasteiger partial charge in [0, 0.05) is 6.54 Å². The van der Waals surface area contributed by atoms with E-state index in [0.29, 0.717) is 12.2 Å². The van der Waals surface area contributed by atoms with Crippen LogP contribution in [0.1, 0.15) is 18.3 Å². The second kappa shape index (κ2) is 4.22. The van der Waals surface area contributed by atoms with E-state index >= 15 is 0 Å². The predicted octanol–water partition coefficient (Wildman–Crippen LogP) is 1.81. The first kappa shape index (κ1) is 12.0. The molecule has 1 aromatic rings. The molecule has 0 aliphatic heterocycles. The van der Waals surface area contributed by atoms with Crippen molar-refractivity contribution in [3.05, 3.63) is 17.5 Å². The van der Waals surface area contributed by atoms with Crippen LogP contribution in [0.3, 0.4) is 0 Å². The normalized spacial score (nSPS) is 14.3. The van der Waals surface area contributed by atoms with Gasteiger partial charge in [-0.25, -0.2) is 0 Å². The molecule has 0 bridgehead atoms. The van der Waals surface area contributed by atoms with E-state index in [1.165, 1.54) is 0 Å². The standard InChI is InChI=1S/C9H14F3N3/c1-6(4-13)5-15-8(9(10,11)12)3-7(2)14-15/h3,6H,4-5,13H2,1-2H3/t6-/m0/s1. The minimum absolute atomic E-state index is 0.0228. The van der Waals surface area contributed by atoms with Crippen molar-refractivity contribution in [3.63, 3.8) is 0 Å². The van der Waals surface area contributed by atoms with Gasteiger partial charge in [-0.05, 0) is 25.5 Å². The maximum Gasteiger partial charge on any atom is 0.433 e. The minimum Gasteiger partial charge on any atom is -0.330 e. The molecule has 1 rings (SSSR count). The van der Waals surface area contributed by atoms with Crippen LogP contribution in [0.15, 0.2) is 6.07 Å². The van der Waals surface area contributed by atoms with Gasteiger partial charge in [-0.3, -0.25) is 4.68 Å². The Hall–Kier alpha value is -1.04. The quantitative estimate of drug-likeness (QED) is 0.845. The van der Waals surface area contributed by atoms with E-state index in [-0.39, 0.29) is 12.5 Å². The first-order valence-electron chi connectivity index (χ1n) is 4.66. The highest BCUT2D eigenvalue weighted by Gasteiger charge is 2.35. The van der Waals surface area contributed by atoms with Gasteiger partial charge in [0.25, 0.3) is 0 Å². The van der Waals surface area contributed by atoms with E-state index in [9.17, 15) is 13.2 Å². The molecule has 0 saturated carbocycles. The minimum atomic E-state index is -4.35. The van der Waals surface area contributed by atoms with Crippen LogP contribution in [0.5, 0.6) is 0 Å². The number of nitrogens with two attached hydrogens (primary N) is 1. The van der Waals surface area contributed by atoms with Crippen LogP contribution >= 0.6 is 0 Å². The van der Waals surface area contributed by atoms with Crippen LogP contribution in [-0.4, -0.2) is 16.3 Å². The van der Waals surface area contributed by atoms with Gasteiger partial charge >= 0.3 is 6.18 Å². The van der Waals surface area contributed by atoms with Gasteiger partial charge in [0.15, 0.2) is 0 Å². The largest absolute Gasteiger partial charge is 0.433 e. The molecule has 0 aliphatic carbocycles. The second-order valence-corrected chi connectivity index (χ2v) is 3.69. The molecule has 0 spiro atoms. The summed E-state index contributed by atoms with van der Waals surface area (Å²) in [6.07, 6.45) is -4.35. The summed E-state index contributed by atoms with van der Waals surface area (Å²) >= 11 is 0. The second-order valence-electron chi connectivity index (χ2n) is 3.69. The van der Waals surface area contributed by atoms with Gasteiger partial charge < -0.3 is 5.73 Å². The number of aromatic nitrogens is 2. The number of nitrogens with zero attached hydrogens (tertiary/aromatic N) is 2. The number of alkyl halides is 3. The van der Waals surface area contributed by atoms with Crippen molar-refractivity contribution in [3.8, 4) is 0 Å². The third-order valence-electron chi connectivity index (χ3n) is 2.08. The fourth-order valence-corrected chi connectivity index (χ4v) is 1.28. The Kier molecular flexibility index (Phi) is 3.38. The van der Waals surface area contributed by atoms with Crippen LogP contribution in [0, 0.1) is 12.8 Å². The number of hydrogen-bond donors (Lipinski definition) is 1. The summed E-state index contributed by atoms with van der Waals surface area (Å²) in [5, 5.41) is 3.81. The zero-order chi connectivity index (χ0) is 11.6. The van der Waals surface area contributed by atoms with Gasteiger partial charge in [0.2, 0.25) is 0 Å². The molecule has 3 nitrogen and oxygen atoms in total. The Morgan fingerprint density at radius 2 is 2.13 bits per heavy atom. The number of hydrogen-bond acceptors (Lipinski definition) is 2. The summed E-state index contributed by atoms with van der Waals surface area (Å²) in [6.45, 7) is 3.87. The number of halogens is 3. The van der Waals surface area contributed by atoms with Gasteiger partial charge in [-0.1, -0.05) is 6.92 Å². The zero-order valence-electron chi connectivity index (χ0n) is 8.67. The lowest BCUT2D eigenvalue weighted by molar-refractivity contribution is -0.144. The van der Waals surface area contributed by atoms with Crippen LogP contribution in [0.4, 0.5) is 13.2 Å². The molecule has 1 heterocycles. The van der Waals surface area contributed by atoms with E-state index < -0.39 is 11.9 Å². The average molecular weight is 221 g/mol. The molecule has 0 fully saturated rings. The molecular formula is C9H14F3N3. The van der Waals surface area contributed by atoms with Crippen molar-refractivity contribution in [2.45, 2.75) is 26.6 Å². The third kappa shape index (κ3) is 2.95. The molecule has 6 heteroatoms. The SMILES string of the molecule is Cc1cc(C(F)(F)F)n(C[C@@H](C)CN)n1. The summed E-state index contributed by atoms with van der Waals surface area (Å²) in [5.74, 6) is -0.0228. The van der Waals surface area contributed by atoms with E-state index in [4.69, 9.17) is 5.73 Å². The molecule has 0 saturated heterocycles. The van der Waals surface area contributed by atoms with Crippen LogP contribution in [0.2, 0.25) is 0 Å². The maximum absolute atomic E-state index is 12.5. The van der Waals surface area contributed by atoms with E-state index in [2.05, 4.69) is 5.10 Å². The van der Waals surface area contributed by atoms with Crippen molar-refractivity contribution >= 4 is 0 Å². The molecule has 86 valence electrons. The Balaban J connectivity index is 2.96. The van der Waals surface area contributed by atoms with Crippen molar-refractivity contribution in [1.29, 1.82) is 0 Å². The fourth-order valence-electron chi connectivity index (χ4n) is 1.28. The maximum atomic E-state index is 12.5. The fraction of sp³-hybridized carbons (Fsp3) is 0.667. The summed E-state index contributed by atoms with van der Waals surface area (Å²) in [7, 11) is 0. The Morgan fingerprint density at radius 3 is 2.60 bits per heavy atom. The van der Waals surface area contributed by atoms with E-state index in [1.807, 2.05) is 0 Å². The topological polar surface area (TPSA) is 43.8 Å². The van der Waals surface area contributed by atoms with Crippen molar-refractivity contribution in [2.24, 2.45) is 11.7 Å². The lowest BCUT2D eigenvalue weighted by Gasteiger charge is -2.13. The van der Waals surface area contributed by atoms with Crippen molar-refractivity contribution < 1.29 is 13.2 Å². The van der Waals surface area contributed by atoms with Gasteiger partial charge in [0.1, 0.15) is 5.69 Å². The molecule has 0 unspecified atom stereocenters. The molecule has 0 amide bonds. The highest BCUT2D eigenvalue weighted by molar-refractivity contribution is 5.12. The van der Waals surface area contributed by atoms with Crippen LogP contribution < -0.4 is 5.73 Å². The Labute approximate surface area is 86.1 Å². The molecule has 2 N–H and O–H groups in total. The molecule has 0 aromatic carbocycles. The molecule has 1 aromatic heterocycles. The molecular weight excluding hydrogens is 207 g/mol. The summed E-state index contributed by atoms with van der Waals surface area (Å²) < 4.78 is 38.6. The summed E-state index contributed by atoms with van der Waals surface area (Å²) in [6, 6.07) is 1.04. The number of aryl methyl sites for hydroxylation is 1. The zero-order valence-corrected chi connectivity index (χ0v) is 8.67. The Morgan fingerprint density at radius 1 is 1.53 bits per heavy atom. The first-order chi connectivity index (χ1) is 6.84. The molecule has 15 heavy (non-hydrogen) atoms. The van der Waals surface area contributed by atoms with Crippen molar-refractivity contribution in [2.75, 3.05) is 6.54 Å². The van der Waals surface area contributed by atoms with Crippen LogP contribution in [-0.2, 0) is 12.7 Å². The van der Waals surface area contributed by atoms with Gasteiger partial charge in [-0.2, -0.15) is 18.3 Å². The predicted molar refractivity (Wildman–Crippen MR) is 50.2 cm³/mol. The highest BCUT2D eigenvalue weighted by Crippen LogP contribution is 2.29. The Bertz CT molecular complexity index is 330.